The van der Waals surface area contributed by atoms with Crippen molar-refractivity contribution in [2.45, 2.75) is 20.5 Å². The van der Waals surface area contributed by atoms with Crippen LogP contribution in [-0.2, 0) is 6.61 Å². The molecule has 5 heteroatoms. The maximum absolute atomic E-state index is 10.9. The van der Waals surface area contributed by atoms with Crippen LogP contribution in [-0.4, -0.2) is 4.92 Å². The van der Waals surface area contributed by atoms with Crippen molar-refractivity contribution in [3.63, 3.8) is 0 Å². The summed E-state index contributed by atoms with van der Waals surface area (Å²) in [4.78, 5) is 10.5. The molecular formula is C15H14ClNO3. The molecule has 0 aliphatic heterocycles. The van der Waals surface area contributed by atoms with Gasteiger partial charge in [-0.3, -0.25) is 10.1 Å². The second kappa shape index (κ2) is 5.92. The topological polar surface area (TPSA) is 52.4 Å². The van der Waals surface area contributed by atoms with Crippen molar-refractivity contribution in [1.29, 1.82) is 0 Å². The van der Waals surface area contributed by atoms with E-state index in [1.54, 1.807) is 18.2 Å². The second-order valence-corrected chi connectivity index (χ2v) is 4.95. The normalized spacial score (nSPS) is 10.3. The van der Waals surface area contributed by atoms with Gasteiger partial charge in [0.1, 0.15) is 12.4 Å². The molecule has 2 aromatic carbocycles. The average Bonchev–Trinajstić information content (AvgIpc) is 2.41. The van der Waals surface area contributed by atoms with Gasteiger partial charge in [0, 0.05) is 6.07 Å². The molecule has 0 spiro atoms. The molecule has 0 N–H and O–H groups in total. The number of para-hydroxylation sites is 1. The molecule has 2 rings (SSSR count). The molecule has 0 bridgehead atoms. The molecule has 0 heterocycles. The Morgan fingerprint density at radius 2 is 1.85 bits per heavy atom. The van der Waals surface area contributed by atoms with E-state index < -0.39 is 4.92 Å². The highest BCUT2D eigenvalue weighted by molar-refractivity contribution is 6.32. The quantitative estimate of drug-likeness (QED) is 0.618. The molecule has 4 nitrogen and oxygen atoms in total. The monoisotopic (exact) mass is 291 g/mol. The number of halogens is 1. The molecule has 0 aromatic heterocycles. The van der Waals surface area contributed by atoms with Gasteiger partial charge in [-0.05, 0) is 43.2 Å². The van der Waals surface area contributed by atoms with E-state index in [-0.39, 0.29) is 12.3 Å². The molecule has 2 aromatic rings. The van der Waals surface area contributed by atoms with Gasteiger partial charge in [-0.15, -0.1) is 0 Å². The zero-order chi connectivity index (χ0) is 14.7. The number of hydrogen-bond acceptors (Lipinski definition) is 3. The van der Waals surface area contributed by atoms with E-state index in [2.05, 4.69) is 0 Å². The number of aryl methyl sites for hydroxylation is 2. The van der Waals surface area contributed by atoms with Gasteiger partial charge in [-0.2, -0.15) is 0 Å². The first-order valence-electron chi connectivity index (χ1n) is 6.11. The number of nitrogens with zero attached hydrogens (tertiary/aromatic N) is 1. The predicted octanol–water partition coefficient (Wildman–Crippen LogP) is 4.44. The van der Waals surface area contributed by atoms with Crippen LogP contribution in [0.1, 0.15) is 16.7 Å². The highest BCUT2D eigenvalue weighted by Crippen LogP contribution is 2.29. The molecule has 20 heavy (non-hydrogen) atoms. The van der Waals surface area contributed by atoms with Crippen molar-refractivity contribution < 1.29 is 9.66 Å². The lowest BCUT2D eigenvalue weighted by molar-refractivity contribution is -0.385. The third kappa shape index (κ3) is 3.08. The van der Waals surface area contributed by atoms with Crippen molar-refractivity contribution >= 4 is 17.3 Å². The van der Waals surface area contributed by atoms with Crippen molar-refractivity contribution in [3.05, 3.63) is 68.2 Å². The van der Waals surface area contributed by atoms with Gasteiger partial charge in [-0.25, -0.2) is 0 Å². The van der Waals surface area contributed by atoms with Crippen molar-refractivity contribution in [2.24, 2.45) is 0 Å². The van der Waals surface area contributed by atoms with E-state index in [4.69, 9.17) is 16.3 Å². The van der Waals surface area contributed by atoms with Crippen LogP contribution >= 0.6 is 11.6 Å². The molecule has 0 aliphatic carbocycles. The minimum Gasteiger partial charge on any atom is -0.487 e. The standard InChI is InChI=1S/C15H14ClNO3/c1-10-7-13(16)15(8-11(10)2)20-9-12-5-3-4-6-14(12)17(18)19/h3-8H,9H2,1-2H3. The third-order valence-electron chi connectivity index (χ3n) is 3.12. The van der Waals surface area contributed by atoms with Crippen LogP contribution in [0.15, 0.2) is 36.4 Å². The van der Waals surface area contributed by atoms with Crippen LogP contribution < -0.4 is 4.74 Å². The Bertz CT molecular complexity index is 656. The van der Waals surface area contributed by atoms with Crippen LogP contribution in [0.2, 0.25) is 5.02 Å². The molecule has 104 valence electrons. The largest absolute Gasteiger partial charge is 0.487 e. The second-order valence-electron chi connectivity index (χ2n) is 4.54. The summed E-state index contributed by atoms with van der Waals surface area (Å²) in [5, 5.41) is 11.4. The molecule has 0 amide bonds. The fraction of sp³-hybridized carbons (Fsp3) is 0.200. The first-order valence-corrected chi connectivity index (χ1v) is 6.48. The number of rotatable bonds is 4. The predicted molar refractivity (Wildman–Crippen MR) is 78.4 cm³/mol. The van der Waals surface area contributed by atoms with E-state index in [0.29, 0.717) is 16.3 Å². The zero-order valence-corrected chi connectivity index (χ0v) is 12.0. The van der Waals surface area contributed by atoms with Crippen LogP contribution in [0.5, 0.6) is 5.75 Å². The van der Waals surface area contributed by atoms with E-state index in [1.807, 2.05) is 26.0 Å². The lowest BCUT2D eigenvalue weighted by Crippen LogP contribution is -2.01. The first-order chi connectivity index (χ1) is 9.49. The Balaban J connectivity index is 2.21. The van der Waals surface area contributed by atoms with Gasteiger partial charge >= 0.3 is 0 Å². The Morgan fingerprint density at radius 3 is 2.55 bits per heavy atom. The number of ether oxygens (including phenoxy) is 1. The SMILES string of the molecule is Cc1cc(Cl)c(OCc2ccccc2[N+](=O)[O-])cc1C. The summed E-state index contributed by atoms with van der Waals surface area (Å²) < 4.78 is 5.61. The fourth-order valence-electron chi connectivity index (χ4n) is 1.83. The summed E-state index contributed by atoms with van der Waals surface area (Å²) >= 11 is 6.11. The lowest BCUT2D eigenvalue weighted by Gasteiger charge is -2.10. The van der Waals surface area contributed by atoms with E-state index in [0.717, 1.165) is 11.1 Å². The Morgan fingerprint density at radius 1 is 1.20 bits per heavy atom. The van der Waals surface area contributed by atoms with Gasteiger partial charge in [0.25, 0.3) is 5.69 Å². The van der Waals surface area contributed by atoms with E-state index >= 15 is 0 Å². The van der Waals surface area contributed by atoms with E-state index in [1.165, 1.54) is 6.07 Å². The molecule has 0 unspecified atom stereocenters. The third-order valence-corrected chi connectivity index (χ3v) is 3.42. The maximum Gasteiger partial charge on any atom is 0.276 e. The van der Waals surface area contributed by atoms with Crippen molar-refractivity contribution in [2.75, 3.05) is 0 Å². The highest BCUT2D eigenvalue weighted by Gasteiger charge is 2.13. The van der Waals surface area contributed by atoms with Gasteiger partial charge in [0.05, 0.1) is 15.5 Å². The summed E-state index contributed by atoms with van der Waals surface area (Å²) in [7, 11) is 0. The number of benzene rings is 2. The minimum atomic E-state index is -0.416. The molecule has 0 aliphatic rings. The summed E-state index contributed by atoms with van der Waals surface area (Å²) in [6, 6.07) is 10.2. The van der Waals surface area contributed by atoms with Crippen molar-refractivity contribution in [1.82, 2.24) is 0 Å². The van der Waals surface area contributed by atoms with Crippen LogP contribution in [0.4, 0.5) is 5.69 Å². The van der Waals surface area contributed by atoms with Gasteiger partial charge in [0.15, 0.2) is 0 Å². The summed E-state index contributed by atoms with van der Waals surface area (Å²) in [6.07, 6.45) is 0. The average molecular weight is 292 g/mol. The highest BCUT2D eigenvalue weighted by atomic mass is 35.5. The molecule has 0 radical (unpaired) electrons. The van der Waals surface area contributed by atoms with Crippen molar-refractivity contribution in [3.8, 4) is 5.75 Å². The van der Waals surface area contributed by atoms with Gasteiger partial charge < -0.3 is 4.74 Å². The van der Waals surface area contributed by atoms with Crippen LogP contribution in [0.3, 0.4) is 0 Å². The number of nitro benzene ring substituents is 1. The molecule has 0 saturated carbocycles. The summed E-state index contributed by atoms with van der Waals surface area (Å²) in [5.74, 6) is 0.535. The summed E-state index contributed by atoms with van der Waals surface area (Å²) in [6.45, 7) is 4.04. The van der Waals surface area contributed by atoms with Gasteiger partial charge in [0.2, 0.25) is 0 Å². The lowest BCUT2D eigenvalue weighted by atomic mass is 10.1. The maximum atomic E-state index is 10.9. The smallest absolute Gasteiger partial charge is 0.276 e. The zero-order valence-electron chi connectivity index (χ0n) is 11.2. The molecular weight excluding hydrogens is 278 g/mol. The van der Waals surface area contributed by atoms with Crippen LogP contribution in [0, 0.1) is 24.0 Å². The van der Waals surface area contributed by atoms with E-state index in [9.17, 15) is 10.1 Å². The fourth-order valence-corrected chi connectivity index (χ4v) is 2.10. The minimum absolute atomic E-state index is 0.0486. The first kappa shape index (κ1) is 14.3. The molecule has 0 atom stereocenters. The Labute approximate surface area is 122 Å². The Kier molecular flexibility index (Phi) is 4.25. The number of nitro groups is 1. The Hall–Kier alpha value is -2.07. The van der Waals surface area contributed by atoms with Crippen LogP contribution in [0.25, 0.3) is 0 Å². The van der Waals surface area contributed by atoms with Gasteiger partial charge in [-0.1, -0.05) is 23.7 Å². The molecule has 0 fully saturated rings. The summed E-state index contributed by atoms with van der Waals surface area (Å²) in [5.41, 5.74) is 2.71. The molecule has 0 saturated heterocycles. The number of hydrogen-bond donors (Lipinski definition) is 0.